The predicted molar refractivity (Wildman–Crippen MR) is 216 cm³/mol. The van der Waals surface area contributed by atoms with E-state index < -0.39 is 0 Å². The summed E-state index contributed by atoms with van der Waals surface area (Å²) < 4.78 is 0. The molecule has 0 saturated carbocycles. The quantitative estimate of drug-likeness (QED) is 0.169. The zero-order chi connectivity index (χ0) is 33.0. The summed E-state index contributed by atoms with van der Waals surface area (Å²) in [5.74, 6) is 0. The zero-order valence-electron chi connectivity index (χ0n) is 27.5. The fraction of sp³-hybridized carbons (Fsp3) is 0. The van der Waals surface area contributed by atoms with Gasteiger partial charge in [0.2, 0.25) is 0 Å². The highest BCUT2D eigenvalue weighted by Crippen LogP contribution is 2.44. The fourth-order valence-electron chi connectivity index (χ4n) is 8.08. The van der Waals surface area contributed by atoms with Crippen molar-refractivity contribution in [3.05, 3.63) is 194 Å². The Hall–Kier alpha value is -6.50. The van der Waals surface area contributed by atoms with Gasteiger partial charge in [-0.1, -0.05) is 164 Å². The molecular formula is C50H32. The van der Waals surface area contributed by atoms with E-state index in [4.69, 9.17) is 0 Å². The summed E-state index contributed by atoms with van der Waals surface area (Å²) in [6, 6.07) is 71.3. The fourth-order valence-corrected chi connectivity index (χ4v) is 8.08. The molecule has 10 aromatic carbocycles. The molecule has 0 bridgehead atoms. The van der Waals surface area contributed by atoms with Crippen LogP contribution in [0.2, 0.25) is 0 Å². The van der Waals surface area contributed by atoms with E-state index in [9.17, 15) is 0 Å². The first-order chi connectivity index (χ1) is 24.8. The molecule has 0 unspecified atom stereocenters. The second-order valence-electron chi connectivity index (χ2n) is 13.3. The Morgan fingerprint density at radius 1 is 0.200 bits per heavy atom. The Morgan fingerprint density at radius 3 is 1.36 bits per heavy atom. The molecule has 0 N–H and O–H groups in total. The lowest BCUT2D eigenvalue weighted by atomic mass is 9.86. The maximum Gasteiger partial charge on any atom is -0.00199 e. The van der Waals surface area contributed by atoms with Gasteiger partial charge in [-0.15, -0.1) is 0 Å². The summed E-state index contributed by atoms with van der Waals surface area (Å²) in [6.07, 6.45) is 0. The molecule has 0 nitrogen and oxygen atoms in total. The first-order valence-corrected chi connectivity index (χ1v) is 17.3. The highest BCUT2D eigenvalue weighted by atomic mass is 14.2. The molecule has 10 rings (SSSR count). The van der Waals surface area contributed by atoms with Crippen LogP contribution >= 0.6 is 0 Å². The van der Waals surface area contributed by atoms with E-state index in [1.54, 1.807) is 0 Å². The van der Waals surface area contributed by atoms with Crippen molar-refractivity contribution in [1.82, 2.24) is 0 Å². The molecule has 0 spiro atoms. The van der Waals surface area contributed by atoms with E-state index in [1.165, 1.54) is 98.4 Å². The van der Waals surface area contributed by atoms with Crippen LogP contribution in [0.1, 0.15) is 0 Å². The molecule has 0 radical (unpaired) electrons. The Bertz CT molecular complexity index is 2900. The lowest BCUT2D eigenvalue weighted by molar-refractivity contribution is 1.59. The van der Waals surface area contributed by atoms with Crippen molar-refractivity contribution in [3.63, 3.8) is 0 Å². The third-order valence-electron chi connectivity index (χ3n) is 10.4. The maximum atomic E-state index is 2.45. The molecule has 232 valence electrons. The van der Waals surface area contributed by atoms with Gasteiger partial charge in [0, 0.05) is 0 Å². The number of hydrogen-bond donors (Lipinski definition) is 0. The summed E-state index contributed by atoms with van der Waals surface area (Å²) in [5, 5.41) is 12.8. The minimum absolute atomic E-state index is 1.22. The molecule has 50 heavy (non-hydrogen) atoms. The lowest BCUT2D eigenvalue weighted by Crippen LogP contribution is -1.90. The Kier molecular flexibility index (Phi) is 6.60. The van der Waals surface area contributed by atoms with Gasteiger partial charge in [-0.25, -0.2) is 0 Å². The topological polar surface area (TPSA) is 0 Å². The van der Waals surface area contributed by atoms with Crippen LogP contribution in [-0.2, 0) is 0 Å². The van der Waals surface area contributed by atoms with Crippen molar-refractivity contribution in [2.45, 2.75) is 0 Å². The minimum Gasteiger partial charge on any atom is -0.0622 e. The second-order valence-corrected chi connectivity index (χ2v) is 13.3. The predicted octanol–water partition coefficient (Wildman–Crippen LogP) is 14.1. The van der Waals surface area contributed by atoms with Crippen molar-refractivity contribution < 1.29 is 0 Å². The van der Waals surface area contributed by atoms with Crippen molar-refractivity contribution in [2.24, 2.45) is 0 Å². The van der Waals surface area contributed by atoms with Gasteiger partial charge in [0.25, 0.3) is 0 Å². The van der Waals surface area contributed by atoms with E-state index in [1.807, 2.05) is 0 Å². The number of hydrogen-bond acceptors (Lipinski definition) is 0. The van der Waals surface area contributed by atoms with Gasteiger partial charge in [0.05, 0.1) is 0 Å². The second kappa shape index (κ2) is 11.6. The number of benzene rings is 10. The highest BCUT2D eigenvalue weighted by Gasteiger charge is 2.17. The van der Waals surface area contributed by atoms with Crippen molar-refractivity contribution in [2.75, 3.05) is 0 Å². The SMILES string of the molecule is c1ccc(-c2cccc(-c3ccc4c(-c5ccccc5)cc(-c5cc6c7ccccc7c7ccccc7c6c6ccccc56)cc4c3)c2)cc1. The lowest BCUT2D eigenvalue weighted by Gasteiger charge is -2.18. The van der Waals surface area contributed by atoms with Crippen LogP contribution in [0.15, 0.2) is 194 Å². The summed E-state index contributed by atoms with van der Waals surface area (Å²) in [4.78, 5) is 0. The van der Waals surface area contributed by atoms with Crippen LogP contribution < -0.4 is 0 Å². The molecule has 0 amide bonds. The van der Waals surface area contributed by atoms with E-state index in [2.05, 4.69) is 194 Å². The Morgan fingerprint density at radius 2 is 0.660 bits per heavy atom. The van der Waals surface area contributed by atoms with Gasteiger partial charge in [0.1, 0.15) is 0 Å². The molecule has 0 saturated heterocycles. The third-order valence-corrected chi connectivity index (χ3v) is 10.4. The molecule has 0 aliphatic rings. The van der Waals surface area contributed by atoms with Gasteiger partial charge >= 0.3 is 0 Å². The van der Waals surface area contributed by atoms with Gasteiger partial charge in [0.15, 0.2) is 0 Å². The molecule has 0 aliphatic heterocycles. The van der Waals surface area contributed by atoms with E-state index in [0.717, 1.165) is 0 Å². The van der Waals surface area contributed by atoms with Gasteiger partial charge in [-0.2, -0.15) is 0 Å². The average molecular weight is 633 g/mol. The summed E-state index contributed by atoms with van der Waals surface area (Å²) in [6.45, 7) is 0. The monoisotopic (exact) mass is 632 g/mol. The number of rotatable bonds is 4. The Balaban J connectivity index is 1.26. The molecule has 0 aromatic heterocycles. The van der Waals surface area contributed by atoms with Crippen LogP contribution in [0.3, 0.4) is 0 Å². The van der Waals surface area contributed by atoms with Crippen molar-refractivity contribution in [3.8, 4) is 44.5 Å². The van der Waals surface area contributed by atoms with E-state index in [-0.39, 0.29) is 0 Å². The van der Waals surface area contributed by atoms with Crippen LogP contribution in [0.4, 0.5) is 0 Å². The molecule has 0 heterocycles. The highest BCUT2D eigenvalue weighted by molar-refractivity contribution is 6.33. The number of fused-ring (bicyclic) bond motifs is 9. The molecule has 0 heteroatoms. The van der Waals surface area contributed by atoms with Crippen LogP contribution in [-0.4, -0.2) is 0 Å². The van der Waals surface area contributed by atoms with Crippen molar-refractivity contribution in [1.29, 1.82) is 0 Å². The maximum absolute atomic E-state index is 2.45. The first-order valence-electron chi connectivity index (χ1n) is 17.3. The van der Waals surface area contributed by atoms with Crippen LogP contribution in [0.25, 0.3) is 98.4 Å². The molecule has 10 aromatic rings. The minimum atomic E-state index is 1.22. The van der Waals surface area contributed by atoms with E-state index in [0.29, 0.717) is 0 Å². The largest absolute Gasteiger partial charge is 0.0622 e. The van der Waals surface area contributed by atoms with Crippen molar-refractivity contribution >= 4 is 53.9 Å². The standard InChI is InChI=1S/C50H32/c1-3-14-33(15-4-1)35-18-13-19-36(28-35)37-26-27-40-38(29-37)30-39(31-47(40)34-16-5-2-6-17-34)48-32-49-43-22-8-7-20-41(43)42-21-9-11-24-45(42)50(49)46-25-12-10-23-44(46)48/h1-32H. The zero-order valence-corrected chi connectivity index (χ0v) is 27.5. The molecule has 0 fully saturated rings. The van der Waals surface area contributed by atoms with Gasteiger partial charge in [-0.05, 0) is 129 Å². The summed E-state index contributed by atoms with van der Waals surface area (Å²) in [7, 11) is 0. The Labute approximate surface area is 291 Å². The van der Waals surface area contributed by atoms with E-state index >= 15 is 0 Å². The molecule has 0 aliphatic carbocycles. The molecule has 0 atom stereocenters. The van der Waals surface area contributed by atoms with Crippen LogP contribution in [0, 0.1) is 0 Å². The first kappa shape index (κ1) is 28.5. The summed E-state index contributed by atoms with van der Waals surface area (Å²) >= 11 is 0. The van der Waals surface area contributed by atoms with Gasteiger partial charge in [-0.3, -0.25) is 0 Å². The van der Waals surface area contributed by atoms with Gasteiger partial charge < -0.3 is 0 Å². The summed E-state index contributed by atoms with van der Waals surface area (Å²) in [5.41, 5.74) is 9.83. The third kappa shape index (κ3) is 4.61. The average Bonchev–Trinajstić information content (AvgIpc) is 3.20. The normalized spacial score (nSPS) is 11.6. The van der Waals surface area contributed by atoms with Crippen LogP contribution in [0.5, 0.6) is 0 Å². The smallest absolute Gasteiger partial charge is 0.00199 e. The molecular weight excluding hydrogens is 601 g/mol.